The van der Waals surface area contributed by atoms with Crippen LogP contribution in [0.2, 0.25) is 12.1 Å². The molecule has 0 aliphatic rings. The van der Waals surface area contributed by atoms with Crippen molar-refractivity contribution in [2.75, 3.05) is 14.2 Å². The van der Waals surface area contributed by atoms with Gasteiger partial charge in [0.2, 0.25) is 0 Å². The van der Waals surface area contributed by atoms with Gasteiger partial charge in [-0.2, -0.15) is 0 Å². The molecule has 0 aliphatic carbocycles. The van der Waals surface area contributed by atoms with E-state index in [2.05, 4.69) is 20.0 Å². The van der Waals surface area contributed by atoms with E-state index in [0.717, 1.165) is 6.42 Å². The van der Waals surface area contributed by atoms with Crippen LogP contribution in [-0.2, 0) is 8.85 Å². The Labute approximate surface area is 70.5 Å². The number of hydrogen-bond acceptors (Lipinski definition) is 2. The van der Waals surface area contributed by atoms with E-state index in [4.69, 9.17) is 8.85 Å². The molecule has 3 heteroatoms. The molecule has 2 nitrogen and oxygen atoms in total. The van der Waals surface area contributed by atoms with Crippen molar-refractivity contribution in [3.05, 3.63) is 12.7 Å². The highest BCUT2D eigenvalue weighted by Gasteiger charge is 2.36. The largest absolute Gasteiger partial charge is 0.397 e. The molecule has 1 unspecified atom stereocenters. The lowest BCUT2D eigenvalue weighted by Gasteiger charge is -2.28. The molecule has 0 radical (unpaired) electrons. The maximum absolute atomic E-state index is 5.38. The molecule has 11 heavy (non-hydrogen) atoms. The van der Waals surface area contributed by atoms with Crippen molar-refractivity contribution in [3.63, 3.8) is 0 Å². The summed E-state index contributed by atoms with van der Waals surface area (Å²) in [6, 6.07) is 0. The molecular formula is C8H18O2Si. The van der Waals surface area contributed by atoms with Crippen LogP contribution in [0.15, 0.2) is 12.7 Å². The van der Waals surface area contributed by atoms with Crippen molar-refractivity contribution < 1.29 is 8.85 Å². The fourth-order valence-electron chi connectivity index (χ4n) is 1.14. The molecule has 66 valence electrons. The van der Waals surface area contributed by atoms with Crippen LogP contribution in [0, 0.1) is 0 Å². The summed E-state index contributed by atoms with van der Waals surface area (Å²) in [5, 5.41) is 0. The average molecular weight is 174 g/mol. The first-order chi connectivity index (χ1) is 5.14. The summed E-state index contributed by atoms with van der Waals surface area (Å²) in [6.45, 7) is 7.95. The zero-order valence-corrected chi connectivity index (χ0v) is 8.89. The van der Waals surface area contributed by atoms with Crippen molar-refractivity contribution >= 4 is 8.56 Å². The maximum atomic E-state index is 5.38. The third-order valence-electron chi connectivity index (χ3n) is 2.21. The minimum atomic E-state index is -1.94. The number of hydrogen-bond donors (Lipinski definition) is 0. The topological polar surface area (TPSA) is 18.5 Å². The van der Waals surface area contributed by atoms with Gasteiger partial charge < -0.3 is 8.85 Å². The predicted octanol–water partition coefficient (Wildman–Crippen LogP) is 2.32. The first-order valence-electron chi connectivity index (χ1n) is 3.87. The van der Waals surface area contributed by atoms with E-state index in [1.54, 1.807) is 14.2 Å². The van der Waals surface area contributed by atoms with Crippen LogP contribution in [-0.4, -0.2) is 22.8 Å². The van der Waals surface area contributed by atoms with Crippen LogP contribution in [0.4, 0.5) is 0 Å². The van der Waals surface area contributed by atoms with E-state index in [1.807, 2.05) is 6.08 Å². The standard InChI is InChI=1S/C8H18O2Si/c1-6-8(7-2)11(5,9-3)10-4/h6,8H,1,7H2,2-5H3. The smallest absolute Gasteiger partial charge is 0.341 e. The Kier molecular flexibility index (Phi) is 4.64. The molecule has 0 fully saturated rings. The highest BCUT2D eigenvalue weighted by Crippen LogP contribution is 2.26. The summed E-state index contributed by atoms with van der Waals surface area (Å²) in [5.74, 6) is 0. The highest BCUT2D eigenvalue weighted by molar-refractivity contribution is 6.68. The fourth-order valence-corrected chi connectivity index (χ4v) is 3.08. The first-order valence-corrected chi connectivity index (χ1v) is 6.26. The Bertz CT molecular complexity index is 121. The molecule has 0 rings (SSSR count). The van der Waals surface area contributed by atoms with Gasteiger partial charge in [0.05, 0.1) is 0 Å². The second-order valence-electron chi connectivity index (χ2n) is 2.67. The monoisotopic (exact) mass is 174 g/mol. The van der Waals surface area contributed by atoms with Gasteiger partial charge >= 0.3 is 8.56 Å². The van der Waals surface area contributed by atoms with Crippen molar-refractivity contribution in [3.8, 4) is 0 Å². The Morgan fingerprint density at radius 2 is 1.91 bits per heavy atom. The minimum absolute atomic E-state index is 0.387. The lowest BCUT2D eigenvalue weighted by atomic mass is 10.3. The van der Waals surface area contributed by atoms with E-state index in [0.29, 0.717) is 5.54 Å². The van der Waals surface area contributed by atoms with Gasteiger partial charge in [0, 0.05) is 19.8 Å². The molecule has 0 spiro atoms. The first kappa shape index (κ1) is 10.9. The third kappa shape index (κ3) is 2.43. The minimum Gasteiger partial charge on any atom is -0.397 e. The van der Waals surface area contributed by atoms with Gasteiger partial charge in [-0.25, -0.2) is 0 Å². The summed E-state index contributed by atoms with van der Waals surface area (Å²) >= 11 is 0. The molecule has 1 atom stereocenters. The molecule has 0 heterocycles. The van der Waals surface area contributed by atoms with Crippen LogP contribution in [0.5, 0.6) is 0 Å². The second-order valence-corrected chi connectivity index (χ2v) is 6.26. The quantitative estimate of drug-likeness (QED) is 0.470. The van der Waals surface area contributed by atoms with Crippen LogP contribution in [0.25, 0.3) is 0 Å². The Morgan fingerprint density at radius 3 is 2.00 bits per heavy atom. The molecule has 0 N–H and O–H groups in total. The van der Waals surface area contributed by atoms with Crippen LogP contribution < -0.4 is 0 Å². The molecular weight excluding hydrogens is 156 g/mol. The lowest BCUT2D eigenvalue weighted by Crippen LogP contribution is -2.40. The Hall–Kier alpha value is -0.123. The number of rotatable bonds is 5. The van der Waals surface area contributed by atoms with Gasteiger partial charge in [0.1, 0.15) is 0 Å². The molecule has 0 bridgehead atoms. The van der Waals surface area contributed by atoms with E-state index in [9.17, 15) is 0 Å². The van der Waals surface area contributed by atoms with Gasteiger partial charge in [-0.1, -0.05) is 13.0 Å². The molecule has 0 saturated carbocycles. The van der Waals surface area contributed by atoms with E-state index in [-0.39, 0.29) is 0 Å². The Morgan fingerprint density at radius 1 is 1.45 bits per heavy atom. The molecule has 0 aromatic rings. The molecule has 0 aliphatic heterocycles. The summed E-state index contributed by atoms with van der Waals surface area (Å²) in [7, 11) is 1.48. The van der Waals surface area contributed by atoms with Crippen molar-refractivity contribution in [1.29, 1.82) is 0 Å². The summed E-state index contributed by atoms with van der Waals surface area (Å²) < 4.78 is 10.8. The van der Waals surface area contributed by atoms with Crippen molar-refractivity contribution in [2.45, 2.75) is 25.4 Å². The highest BCUT2D eigenvalue weighted by atomic mass is 28.4. The second kappa shape index (κ2) is 4.69. The summed E-state index contributed by atoms with van der Waals surface area (Å²) in [5.41, 5.74) is 0.387. The molecule has 0 saturated heterocycles. The Balaban J connectivity index is 4.30. The SMILES string of the molecule is C=CC(CC)[Si](C)(OC)OC. The maximum Gasteiger partial charge on any atom is 0.341 e. The zero-order chi connectivity index (χ0) is 8.91. The van der Waals surface area contributed by atoms with Gasteiger partial charge in [0.15, 0.2) is 0 Å². The van der Waals surface area contributed by atoms with E-state index < -0.39 is 8.56 Å². The van der Waals surface area contributed by atoms with Crippen LogP contribution in [0.3, 0.4) is 0 Å². The van der Waals surface area contributed by atoms with Crippen molar-refractivity contribution in [2.24, 2.45) is 0 Å². The van der Waals surface area contributed by atoms with Gasteiger partial charge in [0.25, 0.3) is 0 Å². The van der Waals surface area contributed by atoms with Crippen molar-refractivity contribution in [1.82, 2.24) is 0 Å². The molecule has 0 aromatic heterocycles. The van der Waals surface area contributed by atoms with E-state index >= 15 is 0 Å². The predicted molar refractivity (Wildman–Crippen MR) is 49.9 cm³/mol. The molecule has 0 aromatic carbocycles. The van der Waals surface area contributed by atoms with E-state index in [1.165, 1.54) is 0 Å². The lowest BCUT2D eigenvalue weighted by molar-refractivity contribution is 0.241. The normalized spacial score (nSPS) is 14.5. The van der Waals surface area contributed by atoms with Crippen LogP contribution >= 0.6 is 0 Å². The number of allylic oxidation sites excluding steroid dienone is 1. The summed E-state index contributed by atoms with van der Waals surface area (Å²) in [6.07, 6.45) is 2.97. The van der Waals surface area contributed by atoms with Gasteiger partial charge in [-0.15, -0.1) is 6.58 Å². The van der Waals surface area contributed by atoms with Crippen LogP contribution in [0.1, 0.15) is 13.3 Å². The summed E-state index contributed by atoms with van der Waals surface area (Å²) in [4.78, 5) is 0. The van der Waals surface area contributed by atoms with Gasteiger partial charge in [-0.05, 0) is 13.0 Å². The average Bonchev–Trinajstić information content (AvgIpc) is 2.06. The molecule has 0 amide bonds. The van der Waals surface area contributed by atoms with Gasteiger partial charge in [-0.3, -0.25) is 0 Å². The zero-order valence-electron chi connectivity index (χ0n) is 7.89. The third-order valence-corrected chi connectivity index (χ3v) is 5.82. The fraction of sp³-hybridized carbons (Fsp3) is 0.750.